The number of amides is 2. The summed E-state index contributed by atoms with van der Waals surface area (Å²) in [6.45, 7) is 1.97. The first kappa shape index (κ1) is 22.9. The maximum atomic E-state index is 13.1. The van der Waals surface area contributed by atoms with Crippen LogP contribution in [0, 0.1) is 12.7 Å². The van der Waals surface area contributed by atoms with Crippen LogP contribution in [0.15, 0.2) is 72.8 Å². The molecule has 4 rings (SSSR count). The van der Waals surface area contributed by atoms with Crippen molar-refractivity contribution >= 4 is 23.4 Å². The van der Waals surface area contributed by atoms with Gasteiger partial charge in [-0.2, -0.15) is 0 Å². The molecule has 10 heteroatoms. The summed E-state index contributed by atoms with van der Waals surface area (Å²) in [5.41, 5.74) is 6.91. The Balaban J connectivity index is 1.32. The Hall–Kier alpha value is -4.24. The average Bonchev–Trinajstić information content (AvgIpc) is 3.24. The summed E-state index contributed by atoms with van der Waals surface area (Å²) in [6, 6.07) is 19.4. The smallest absolute Gasteiger partial charge is 0.292 e. The van der Waals surface area contributed by atoms with E-state index in [1.807, 2.05) is 0 Å². The van der Waals surface area contributed by atoms with Crippen molar-refractivity contribution in [1.29, 1.82) is 0 Å². The van der Waals surface area contributed by atoms with E-state index in [2.05, 4.69) is 21.2 Å². The highest BCUT2D eigenvalue weighted by molar-refractivity contribution is 6.30. The van der Waals surface area contributed by atoms with Crippen molar-refractivity contribution in [2.24, 2.45) is 0 Å². The molecule has 0 saturated heterocycles. The maximum Gasteiger partial charge on any atom is 0.292 e. The van der Waals surface area contributed by atoms with Gasteiger partial charge >= 0.3 is 0 Å². The third kappa shape index (κ3) is 5.38. The van der Waals surface area contributed by atoms with Crippen LogP contribution in [0.3, 0.4) is 0 Å². The molecule has 0 unspecified atom stereocenters. The highest BCUT2D eigenvalue weighted by Crippen LogP contribution is 2.17. The number of hydrogen-bond donors (Lipinski definition) is 2. The molecule has 2 amide bonds. The molecule has 0 bridgehead atoms. The van der Waals surface area contributed by atoms with E-state index in [-0.39, 0.29) is 11.5 Å². The summed E-state index contributed by atoms with van der Waals surface area (Å²) in [6.07, 6.45) is 0. The fourth-order valence-electron chi connectivity index (χ4n) is 3.06. The van der Waals surface area contributed by atoms with Crippen molar-refractivity contribution in [2.45, 2.75) is 13.5 Å². The van der Waals surface area contributed by atoms with E-state index in [1.165, 1.54) is 28.9 Å². The lowest BCUT2D eigenvalue weighted by molar-refractivity contribution is 0.0843. The van der Waals surface area contributed by atoms with E-state index >= 15 is 0 Å². The first-order valence-electron chi connectivity index (χ1n) is 10.2. The number of rotatable bonds is 6. The molecule has 1 aromatic heterocycles. The highest BCUT2D eigenvalue weighted by Gasteiger charge is 2.18. The predicted octanol–water partition coefficient (Wildman–Crippen LogP) is 4.02. The highest BCUT2D eigenvalue weighted by atomic mass is 35.5. The second kappa shape index (κ2) is 10.1. The second-order valence-corrected chi connectivity index (χ2v) is 7.70. The topological polar surface area (TPSA) is 98.1 Å². The molecule has 1 heterocycles. The Kier molecular flexibility index (Phi) is 6.84. The van der Waals surface area contributed by atoms with E-state index in [4.69, 9.17) is 16.3 Å². The minimum Gasteiger partial charge on any atom is -0.489 e. The third-order valence-electron chi connectivity index (χ3n) is 4.91. The van der Waals surface area contributed by atoms with E-state index in [0.29, 0.717) is 34.3 Å². The number of hydrogen-bond acceptors (Lipinski definition) is 5. The summed E-state index contributed by atoms with van der Waals surface area (Å²) in [7, 11) is 0. The molecule has 0 radical (unpaired) electrons. The molecule has 8 nitrogen and oxygen atoms in total. The quantitative estimate of drug-likeness (QED) is 0.407. The molecule has 0 aliphatic heterocycles. The van der Waals surface area contributed by atoms with Gasteiger partial charge in [-0.05, 0) is 73.2 Å². The van der Waals surface area contributed by atoms with E-state index in [1.54, 1.807) is 55.5 Å². The van der Waals surface area contributed by atoms with Gasteiger partial charge in [-0.1, -0.05) is 28.9 Å². The number of hydrazine groups is 1. The lowest BCUT2D eigenvalue weighted by atomic mass is 10.1. The van der Waals surface area contributed by atoms with Crippen LogP contribution in [0.5, 0.6) is 5.75 Å². The molecule has 0 atom stereocenters. The third-order valence-corrected chi connectivity index (χ3v) is 5.16. The second-order valence-electron chi connectivity index (χ2n) is 7.26. The molecular formula is C24H19ClFN5O3. The van der Waals surface area contributed by atoms with Crippen LogP contribution in [0.25, 0.3) is 5.69 Å². The van der Waals surface area contributed by atoms with Crippen LogP contribution in [0.4, 0.5) is 4.39 Å². The van der Waals surface area contributed by atoms with Crippen molar-refractivity contribution in [3.8, 4) is 11.4 Å². The zero-order valence-corrected chi connectivity index (χ0v) is 18.7. The molecule has 4 aromatic rings. The van der Waals surface area contributed by atoms with Gasteiger partial charge in [-0.15, -0.1) is 5.10 Å². The van der Waals surface area contributed by atoms with Crippen molar-refractivity contribution in [3.05, 3.63) is 106 Å². The minimum atomic E-state index is -0.632. The monoisotopic (exact) mass is 479 g/mol. The first-order chi connectivity index (χ1) is 16.4. The molecule has 3 aromatic carbocycles. The van der Waals surface area contributed by atoms with Gasteiger partial charge in [-0.25, -0.2) is 9.07 Å². The molecule has 2 N–H and O–H groups in total. The van der Waals surface area contributed by atoms with Gasteiger partial charge in [0.25, 0.3) is 11.8 Å². The van der Waals surface area contributed by atoms with E-state index < -0.39 is 11.8 Å². The largest absolute Gasteiger partial charge is 0.489 e. The number of halogens is 2. The summed E-state index contributed by atoms with van der Waals surface area (Å²) in [4.78, 5) is 24.9. The number of nitrogens with zero attached hydrogens (tertiary/aromatic N) is 3. The fourth-order valence-corrected chi connectivity index (χ4v) is 3.19. The van der Waals surface area contributed by atoms with Crippen LogP contribution in [-0.2, 0) is 6.61 Å². The van der Waals surface area contributed by atoms with Gasteiger partial charge in [-0.3, -0.25) is 20.4 Å². The summed E-state index contributed by atoms with van der Waals surface area (Å²) < 4.78 is 20.2. The zero-order chi connectivity index (χ0) is 24.1. The van der Waals surface area contributed by atoms with Crippen molar-refractivity contribution < 1.29 is 18.7 Å². The SMILES string of the molecule is Cc1c(C(=O)NNC(=O)c2ccc(COc3ccc(Cl)cc3)cc2)nnn1-c1ccc(F)cc1. The van der Waals surface area contributed by atoms with Crippen LogP contribution in [-0.4, -0.2) is 26.8 Å². The molecule has 0 aliphatic carbocycles. The van der Waals surface area contributed by atoms with Gasteiger partial charge in [0.1, 0.15) is 18.2 Å². The Morgan fingerprint density at radius 3 is 2.26 bits per heavy atom. The fraction of sp³-hybridized carbons (Fsp3) is 0.0833. The van der Waals surface area contributed by atoms with Crippen LogP contribution in [0.1, 0.15) is 32.1 Å². The number of ether oxygens (including phenoxy) is 1. The van der Waals surface area contributed by atoms with E-state index in [9.17, 15) is 14.0 Å². The Labute approximate surface area is 199 Å². The molecule has 34 heavy (non-hydrogen) atoms. The van der Waals surface area contributed by atoms with Crippen molar-refractivity contribution in [3.63, 3.8) is 0 Å². The molecule has 0 saturated carbocycles. The number of benzene rings is 3. The lowest BCUT2D eigenvalue weighted by Gasteiger charge is -2.09. The molecule has 0 aliphatic rings. The average molecular weight is 480 g/mol. The Morgan fingerprint density at radius 2 is 1.59 bits per heavy atom. The summed E-state index contributed by atoms with van der Waals surface area (Å²) in [5, 5.41) is 8.42. The van der Waals surface area contributed by atoms with Crippen LogP contribution in [0.2, 0.25) is 5.02 Å². The van der Waals surface area contributed by atoms with Crippen LogP contribution >= 0.6 is 11.6 Å². The Bertz CT molecular complexity index is 1310. The van der Waals surface area contributed by atoms with Gasteiger partial charge in [0.05, 0.1) is 11.4 Å². The summed E-state index contributed by atoms with van der Waals surface area (Å²) in [5.74, 6) is -0.834. The minimum absolute atomic E-state index is 0.0271. The van der Waals surface area contributed by atoms with Crippen molar-refractivity contribution in [1.82, 2.24) is 25.8 Å². The predicted molar refractivity (Wildman–Crippen MR) is 123 cm³/mol. The van der Waals surface area contributed by atoms with Gasteiger partial charge < -0.3 is 4.74 Å². The summed E-state index contributed by atoms with van der Waals surface area (Å²) >= 11 is 5.86. The number of aromatic nitrogens is 3. The normalized spacial score (nSPS) is 10.6. The van der Waals surface area contributed by atoms with Crippen molar-refractivity contribution in [2.75, 3.05) is 0 Å². The number of nitrogens with one attached hydrogen (secondary N) is 2. The number of carbonyl (C=O) groups is 2. The Morgan fingerprint density at radius 1 is 0.941 bits per heavy atom. The molecule has 172 valence electrons. The van der Waals surface area contributed by atoms with Gasteiger partial charge in [0.2, 0.25) is 0 Å². The van der Waals surface area contributed by atoms with Gasteiger partial charge in [0.15, 0.2) is 5.69 Å². The first-order valence-corrected chi connectivity index (χ1v) is 10.5. The standard InChI is InChI=1S/C24H19ClFN5O3/c1-15-22(27-30-31(15)20-10-8-19(26)9-11-20)24(33)29-28-23(32)17-4-2-16(3-5-17)14-34-21-12-6-18(25)7-13-21/h2-13H,14H2,1H3,(H,28,32)(H,29,33). The van der Waals surface area contributed by atoms with Crippen LogP contribution < -0.4 is 15.6 Å². The molecule has 0 fully saturated rings. The lowest BCUT2D eigenvalue weighted by Crippen LogP contribution is -2.42. The molecule has 0 spiro atoms. The van der Waals surface area contributed by atoms with Gasteiger partial charge in [0, 0.05) is 10.6 Å². The maximum absolute atomic E-state index is 13.1. The zero-order valence-electron chi connectivity index (χ0n) is 18.0. The number of carbonyl (C=O) groups excluding carboxylic acids is 2. The molecular weight excluding hydrogens is 461 g/mol. The van der Waals surface area contributed by atoms with E-state index in [0.717, 1.165) is 5.56 Å².